The Hall–Kier alpha value is -3.28. The average Bonchev–Trinajstić information content (AvgIpc) is 3.35. The Bertz CT molecular complexity index is 872. The molecule has 4 aromatic rings. The molecule has 1 amide bonds. The summed E-state index contributed by atoms with van der Waals surface area (Å²) in [7, 11) is 0. The van der Waals surface area contributed by atoms with Crippen molar-refractivity contribution in [2.24, 2.45) is 0 Å². The zero-order valence-corrected chi connectivity index (χ0v) is 12.8. The van der Waals surface area contributed by atoms with Gasteiger partial charge in [0, 0.05) is 24.3 Å². The lowest BCUT2D eigenvalue weighted by Gasteiger charge is -2.15. The average molecular weight is 321 g/mol. The van der Waals surface area contributed by atoms with Crippen LogP contribution >= 0.6 is 0 Å². The van der Waals surface area contributed by atoms with Gasteiger partial charge in [0.2, 0.25) is 0 Å². The summed E-state index contributed by atoms with van der Waals surface area (Å²) in [6.45, 7) is 0.338. The molecule has 3 aromatic heterocycles. The predicted molar refractivity (Wildman–Crippen MR) is 87.6 cm³/mol. The zero-order valence-electron chi connectivity index (χ0n) is 12.8. The SMILES string of the molecule is O=C(NC[C@@H](c1ccco1)n1cccn1)c1cc2ccccc2o1. The molecule has 1 N–H and O–H groups in total. The van der Waals surface area contributed by atoms with E-state index in [4.69, 9.17) is 8.83 Å². The number of hydrogen-bond donors (Lipinski definition) is 1. The highest BCUT2D eigenvalue weighted by Gasteiger charge is 2.19. The number of furan rings is 2. The number of rotatable bonds is 5. The summed E-state index contributed by atoms with van der Waals surface area (Å²) < 4.78 is 12.8. The van der Waals surface area contributed by atoms with Crippen LogP contribution in [0.1, 0.15) is 22.4 Å². The van der Waals surface area contributed by atoms with E-state index < -0.39 is 0 Å². The van der Waals surface area contributed by atoms with Gasteiger partial charge in [-0.2, -0.15) is 5.10 Å². The number of carbonyl (C=O) groups excluding carboxylic acids is 1. The highest BCUT2D eigenvalue weighted by molar-refractivity contribution is 5.96. The molecule has 1 aromatic carbocycles. The number of hydrogen-bond acceptors (Lipinski definition) is 4. The van der Waals surface area contributed by atoms with Gasteiger partial charge in [0.15, 0.2) is 5.76 Å². The van der Waals surface area contributed by atoms with Crippen LogP contribution in [-0.4, -0.2) is 22.2 Å². The van der Waals surface area contributed by atoms with E-state index in [0.717, 1.165) is 11.1 Å². The van der Waals surface area contributed by atoms with E-state index in [0.29, 0.717) is 12.1 Å². The van der Waals surface area contributed by atoms with E-state index in [2.05, 4.69) is 10.4 Å². The summed E-state index contributed by atoms with van der Waals surface area (Å²) in [4.78, 5) is 12.4. The lowest BCUT2D eigenvalue weighted by molar-refractivity contribution is 0.0922. The Kier molecular flexibility index (Phi) is 3.63. The quantitative estimate of drug-likeness (QED) is 0.612. The van der Waals surface area contributed by atoms with Crippen LogP contribution in [0.25, 0.3) is 11.0 Å². The molecule has 0 spiro atoms. The molecule has 0 unspecified atom stereocenters. The van der Waals surface area contributed by atoms with Gasteiger partial charge in [-0.1, -0.05) is 18.2 Å². The molecular weight excluding hydrogens is 306 g/mol. The van der Waals surface area contributed by atoms with Gasteiger partial charge in [-0.05, 0) is 30.3 Å². The fraction of sp³-hybridized carbons (Fsp3) is 0.111. The smallest absolute Gasteiger partial charge is 0.287 e. The third-order valence-corrected chi connectivity index (χ3v) is 3.82. The lowest BCUT2D eigenvalue weighted by atomic mass is 10.2. The van der Waals surface area contributed by atoms with Crippen LogP contribution in [0.4, 0.5) is 0 Å². The second kappa shape index (κ2) is 6.08. The minimum absolute atomic E-state index is 0.219. The Morgan fingerprint density at radius 1 is 1.21 bits per heavy atom. The highest BCUT2D eigenvalue weighted by Crippen LogP contribution is 2.20. The molecule has 0 saturated heterocycles. The van der Waals surface area contributed by atoms with Crippen LogP contribution in [0.15, 0.2) is 76.0 Å². The molecular formula is C18H15N3O3. The molecule has 0 fully saturated rings. The van der Waals surface area contributed by atoms with E-state index >= 15 is 0 Å². The molecule has 4 rings (SSSR count). The number of nitrogens with zero attached hydrogens (tertiary/aromatic N) is 2. The van der Waals surface area contributed by atoms with Crippen LogP contribution in [0, 0.1) is 0 Å². The van der Waals surface area contributed by atoms with E-state index in [1.54, 1.807) is 23.2 Å². The molecule has 0 radical (unpaired) electrons. The minimum Gasteiger partial charge on any atom is -0.467 e. The van der Waals surface area contributed by atoms with Crippen LogP contribution in [0.2, 0.25) is 0 Å². The molecule has 1 atom stereocenters. The van der Waals surface area contributed by atoms with Crippen LogP contribution in [0.3, 0.4) is 0 Å². The fourth-order valence-corrected chi connectivity index (χ4v) is 2.64. The first-order valence-electron chi connectivity index (χ1n) is 7.60. The largest absolute Gasteiger partial charge is 0.467 e. The van der Waals surface area contributed by atoms with Crippen molar-refractivity contribution in [2.75, 3.05) is 6.54 Å². The number of fused-ring (bicyclic) bond motifs is 1. The standard InChI is InChI=1S/C18H15N3O3/c22-18(17-11-13-5-1-2-6-15(13)24-17)19-12-14(16-7-3-10-23-16)21-9-4-8-20-21/h1-11,14H,12H2,(H,19,22)/t14-/m0/s1. The van der Waals surface area contributed by atoms with Crippen LogP contribution < -0.4 is 5.32 Å². The summed E-state index contributed by atoms with van der Waals surface area (Å²) in [5.41, 5.74) is 0.692. The van der Waals surface area contributed by atoms with E-state index in [1.807, 2.05) is 48.7 Å². The predicted octanol–water partition coefficient (Wildman–Crippen LogP) is 3.24. The first-order valence-corrected chi connectivity index (χ1v) is 7.60. The fourth-order valence-electron chi connectivity index (χ4n) is 2.64. The maximum Gasteiger partial charge on any atom is 0.287 e. The van der Waals surface area contributed by atoms with Gasteiger partial charge < -0.3 is 14.2 Å². The first kappa shape index (κ1) is 14.3. The van der Waals surface area contributed by atoms with Crippen molar-refractivity contribution in [3.8, 4) is 0 Å². The number of benzene rings is 1. The molecule has 0 saturated carbocycles. The maximum absolute atomic E-state index is 12.4. The molecule has 0 aliphatic carbocycles. The van der Waals surface area contributed by atoms with Gasteiger partial charge >= 0.3 is 0 Å². The van der Waals surface area contributed by atoms with Crippen LogP contribution in [-0.2, 0) is 0 Å². The summed E-state index contributed by atoms with van der Waals surface area (Å²) in [6.07, 6.45) is 5.13. The van der Waals surface area contributed by atoms with E-state index in [9.17, 15) is 4.79 Å². The molecule has 0 aliphatic heterocycles. The molecule has 3 heterocycles. The molecule has 0 bridgehead atoms. The summed E-state index contributed by atoms with van der Waals surface area (Å²) >= 11 is 0. The number of carbonyl (C=O) groups is 1. The first-order chi connectivity index (χ1) is 11.8. The lowest BCUT2D eigenvalue weighted by Crippen LogP contribution is -2.31. The molecule has 120 valence electrons. The van der Waals surface area contributed by atoms with Crippen molar-refractivity contribution < 1.29 is 13.6 Å². The topological polar surface area (TPSA) is 73.2 Å². The number of aromatic nitrogens is 2. The Balaban J connectivity index is 1.52. The molecule has 6 nitrogen and oxygen atoms in total. The molecule has 24 heavy (non-hydrogen) atoms. The Morgan fingerprint density at radius 3 is 2.88 bits per heavy atom. The number of amides is 1. The van der Waals surface area contributed by atoms with Crippen molar-refractivity contribution in [3.05, 3.63) is 78.7 Å². The van der Waals surface area contributed by atoms with E-state index in [1.165, 1.54) is 0 Å². The highest BCUT2D eigenvalue weighted by atomic mass is 16.3. The third kappa shape index (κ3) is 2.69. The van der Waals surface area contributed by atoms with Gasteiger partial charge in [-0.3, -0.25) is 9.48 Å². The summed E-state index contributed by atoms with van der Waals surface area (Å²) in [5.74, 6) is 0.744. The second-order valence-corrected chi connectivity index (χ2v) is 5.38. The number of nitrogens with one attached hydrogen (secondary N) is 1. The van der Waals surface area contributed by atoms with Gasteiger partial charge in [-0.25, -0.2) is 0 Å². The summed E-state index contributed by atoms with van der Waals surface area (Å²) in [6, 6.07) is 14.5. The maximum atomic E-state index is 12.4. The van der Waals surface area contributed by atoms with Crippen molar-refractivity contribution in [1.82, 2.24) is 15.1 Å². The summed E-state index contributed by atoms with van der Waals surface area (Å²) in [5, 5.41) is 8.02. The van der Waals surface area contributed by atoms with Crippen molar-refractivity contribution in [2.45, 2.75) is 6.04 Å². The second-order valence-electron chi connectivity index (χ2n) is 5.38. The minimum atomic E-state index is -0.269. The van der Waals surface area contributed by atoms with Gasteiger partial charge in [0.05, 0.1) is 6.26 Å². The van der Waals surface area contributed by atoms with Gasteiger partial charge in [-0.15, -0.1) is 0 Å². The third-order valence-electron chi connectivity index (χ3n) is 3.82. The van der Waals surface area contributed by atoms with Crippen molar-refractivity contribution in [1.29, 1.82) is 0 Å². The zero-order chi connectivity index (χ0) is 16.4. The molecule has 6 heteroatoms. The van der Waals surface area contributed by atoms with Crippen molar-refractivity contribution >= 4 is 16.9 Å². The van der Waals surface area contributed by atoms with E-state index in [-0.39, 0.29) is 17.7 Å². The van der Waals surface area contributed by atoms with Gasteiger partial charge in [0.1, 0.15) is 17.4 Å². The van der Waals surface area contributed by atoms with Gasteiger partial charge in [0.25, 0.3) is 5.91 Å². The van der Waals surface area contributed by atoms with Crippen LogP contribution in [0.5, 0.6) is 0 Å². The normalized spacial score (nSPS) is 12.3. The number of para-hydroxylation sites is 1. The molecule has 0 aliphatic rings. The monoisotopic (exact) mass is 321 g/mol. The Labute approximate surface area is 137 Å². The van der Waals surface area contributed by atoms with Crippen molar-refractivity contribution in [3.63, 3.8) is 0 Å². The Morgan fingerprint density at radius 2 is 2.12 bits per heavy atom.